The van der Waals surface area contributed by atoms with Crippen LogP contribution in [0.4, 0.5) is 14.6 Å². The van der Waals surface area contributed by atoms with Gasteiger partial charge in [0.2, 0.25) is 0 Å². The number of rotatable bonds is 6. The Morgan fingerprint density at radius 1 is 1.23 bits per heavy atom. The number of alkyl halides is 2. The van der Waals surface area contributed by atoms with Gasteiger partial charge in [-0.2, -0.15) is 10.2 Å². The van der Waals surface area contributed by atoms with Crippen LogP contribution in [0.5, 0.6) is 0 Å². The highest BCUT2D eigenvalue weighted by molar-refractivity contribution is 6.05. The largest absolute Gasteiger partial charge is 0.396 e. The normalized spacial score (nSPS) is 23.6. The SMILES string of the molecule is NC(=O)c1c(-c2cn(C3CCC(CO)CC3)nc2C(F)F)nn2ccc(N3CC4(COC4)C3)nc12. The molecule has 35 heavy (non-hydrogen) atoms. The number of carbonyl (C=O) groups excluding carboxylic acids is 1. The molecular formula is C23H27F2N7O3. The topological polar surface area (TPSA) is 124 Å². The lowest BCUT2D eigenvalue weighted by Gasteiger charge is -2.55. The molecule has 1 spiro atoms. The summed E-state index contributed by atoms with van der Waals surface area (Å²) in [5.41, 5.74) is 5.83. The van der Waals surface area contributed by atoms with Crippen molar-refractivity contribution in [1.82, 2.24) is 24.4 Å². The van der Waals surface area contributed by atoms with Crippen LogP contribution >= 0.6 is 0 Å². The summed E-state index contributed by atoms with van der Waals surface area (Å²) in [4.78, 5) is 19.2. The number of aliphatic hydroxyl groups is 1. The molecule has 186 valence electrons. The van der Waals surface area contributed by atoms with Gasteiger partial charge in [-0.05, 0) is 37.7 Å². The highest BCUT2D eigenvalue weighted by Crippen LogP contribution is 2.41. The number of nitrogens with two attached hydrogens (primary N) is 1. The van der Waals surface area contributed by atoms with Crippen LogP contribution in [0.15, 0.2) is 18.5 Å². The zero-order valence-electron chi connectivity index (χ0n) is 19.1. The van der Waals surface area contributed by atoms with Gasteiger partial charge in [0.25, 0.3) is 12.3 Å². The van der Waals surface area contributed by atoms with Crippen molar-refractivity contribution in [3.05, 3.63) is 29.7 Å². The van der Waals surface area contributed by atoms with Crippen molar-refractivity contribution >= 4 is 17.4 Å². The van der Waals surface area contributed by atoms with Crippen LogP contribution in [0, 0.1) is 11.3 Å². The average Bonchev–Trinajstić information content (AvgIpc) is 3.39. The molecule has 3 aliphatic rings. The average molecular weight is 488 g/mol. The molecule has 3 aromatic heterocycles. The van der Waals surface area contributed by atoms with Crippen LogP contribution < -0.4 is 10.6 Å². The number of aromatic nitrogens is 5. The maximum Gasteiger partial charge on any atom is 0.282 e. The molecule has 2 saturated heterocycles. The monoisotopic (exact) mass is 487 g/mol. The van der Waals surface area contributed by atoms with Crippen LogP contribution in [0.25, 0.3) is 16.9 Å². The molecule has 10 nitrogen and oxygen atoms in total. The number of hydrogen-bond acceptors (Lipinski definition) is 7. The summed E-state index contributed by atoms with van der Waals surface area (Å²) in [7, 11) is 0. The van der Waals surface area contributed by atoms with Gasteiger partial charge in [0, 0.05) is 32.1 Å². The van der Waals surface area contributed by atoms with Gasteiger partial charge in [-0.3, -0.25) is 9.48 Å². The lowest BCUT2D eigenvalue weighted by atomic mass is 9.78. The summed E-state index contributed by atoms with van der Waals surface area (Å²) in [6.07, 6.45) is 3.42. The Morgan fingerprint density at radius 2 is 1.97 bits per heavy atom. The van der Waals surface area contributed by atoms with Gasteiger partial charge in [0.15, 0.2) is 5.65 Å². The number of amides is 1. The highest BCUT2D eigenvalue weighted by atomic mass is 19.3. The van der Waals surface area contributed by atoms with Crippen molar-refractivity contribution in [2.75, 3.05) is 37.8 Å². The molecule has 2 aliphatic heterocycles. The molecule has 12 heteroatoms. The number of fused-ring (bicyclic) bond motifs is 1. The molecule has 3 N–H and O–H groups in total. The molecule has 6 rings (SSSR count). The fourth-order valence-corrected chi connectivity index (χ4v) is 5.54. The fraction of sp³-hybridized carbons (Fsp3) is 0.565. The molecule has 3 aromatic rings. The van der Waals surface area contributed by atoms with Gasteiger partial charge in [-0.15, -0.1) is 0 Å². The Hall–Kier alpha value is -3.12. The second-order valence-electron chi connectivity index (χ2n) is 10.1. The summed E-state index contributed by atoms with van der Waals surface area (Å²) < 4.78 is 36.4. The van der Waals surface area contributed by atoms with Gasteiger partial charge in [0.1, 0.15) is 22.8 Å². The maximum absolute atomic E-state index is 14.0. The molecular weight excluding hydrogens is 460 g/mol. The van der Waals surface area contributed by atoms with E-state index in [2.05, 4.69) is 20.1 Å². The predicted molar refractivity (Wildman–Crippen MR) is 121 cm³/mol. The number of hydrogen-bond donors (Lipinski definition) is 2. The van der Waals surface area contributed by atoms with Crippen LogP contribution in [0.2, 0.25) is 0 Å². The van der Waals surface area contributed by atoms with Crippen LogP contribution in [0.1, 0.15) is 54.2 Å². The molecule has 0 aromatic carbocycles. The Morgan fingerprint density at radius 3 is 2.57 bits per heavy atom. The quantitative estimate of drug-likeness (QED) is 0.546. The number of aliphatic hydroxyl groups excluding tert-OH is 1. The van der Waals surface area contributed by atoms with Crippen molar-refractivity contribution in [3.8, 4) is 11.3 Å². The van der Waals surface area contributed by atoms with Crippen LogP contribution in [-0.4, -0.2) is 68.3 Å². The summed E-state index contributed by atoms with van der Waals surface area (Å²) >= 11 is 0. The molecule has 3 fully saturated rings. The number of anilines is 1. The third-order valence-corrected chi connectivity index (χ3v) is 7.58. The lowest BCUT2D eigenvalue weighted by molar-refractivity contribution is -0.127. The van der Waals surface area contributed by atoms with Crippen molar-refractivity contribution in [3.63, 3.8) is 0 Å². The van der Waals surface area contributed by atoms with E-state index in [0.29, 0.717) is 5.82 Å². The van der Waals surface area contributed by atoms with E-state index in [0.717, 1.165) is 52.0 Å². The Balaban J connectivity index is 1.38. The zero-order chi connectivity index (χ0) is 24.3. The molecule has 5 heterocycles. The summed E-state index contributed by atoms with van der Waals surface area (Å²) in [6.45, 7) is 3.21. The first-order valence-electron chi connectivity index (χ1n) is 11.9. The van der Waals surface area contributed by atoms with Gasteiger partial charge in [0.05, 0.1) is 30.2 Å². The molecule has 0 unspecified atom stereocenters. The number of carbonyl (C=O) groups is 1. The molecule has 0 radical (unpaired) electrons. The minimum absolute atomic E-state index is 0.000460. The standard InChI is InChI=1S/C23H27F2N7O3/c24-20(25)19-15(7-32(29-19)14-3-1-13(8-33)2-4-14)18-17(21(26)34)22-27-16(5-6-31(22)28-18)30-9-23(10-30)11-35-12-23/h5-7,13-14,20,33H,1-4,8-12H2,(H2,26,34). The number of ether oxygens (including phenoxy) is 1. The van der Waals surface area contributed by atoms with E-state index in [9.17, 15) is 18.7 Å². The van der Waals surface area contributed by atoms with E-state index in [1.807, 2.05) is 0 Å². The zero-order valence-corrected chi connectivity index (χ0v) is 19.1. The number of primary amides is 1. The van der Waals surface area contributed by atoms with Crippen molar-refractivity contribution in [2.24, 2.45) is 17.1 Å². The van der Waals surface area contributed by atoms with E-state index < -0.39 is 18.0 Å². The van der Waals surface area contributed by atoms with Crippen molar-refractivity contribution < 1.29 is 23.4 Å². The number of halogens is 2. The summed E-state index contributed by atoms with van der Waals surface area (Å²) in [5.74, 6) is 0.118. The van der Waals surface area contributed by atoms with E-state index in [1.165, 1.54) is 10.7 Å². The van der Waals surface area contributed by atoms with Gasteiger partial charge in [-0.25, -0.2) is 18.3 Å². The summed E-state index contributed by atoms with van der Waals surface area (Å²) in [6, 6.07) is 1.73. The van der Waals surface area contributed by atoms with Gasteiger partial charge >= 0.3 is 0 Å². The first-order chi connectivity index (χ1) is 16.9. The second kappa shape index (κ2) is 8.23. The third-order valence-electron chi connectivity index (χ3n) is 7.58. The highest BCUT2D eigenvalue weighted by Gasteiger charge is 2.49. The van der Waals surface area contributed by atoms with Crippen molar-refractivity contribution in [1.29, 1.82) is 0 Å². The minimum Gasteiger partial charge on any atom is -0.396 e. The number of nitrogens with zero attached hydrogens (tertiary/aromatic N) is 6. The fourth-order valence-electron chi connectivity index (χ4n) is 5.54. The maximum atomic E-state index is 14.0. The Labute approximate surface area is 199 Å². The van der Waals surface area contributed by atoms with Gasteiger partial charge in [-0.1, -0.05) is 0 Å². The predicted octanol–water partition coefficient (Wildman–Crippen LogP) is 2.19. The van der Waals surface area contributed by atoms with E-state index in [4.69, 9.17) is 10.5 Å². The molecule has 1 saturated carbocycles. The molecule has 1 aliphatic carbocycles. The second-order valence-corrected chi connectivity index (χ2v) is 10.1. The van der Waals surface area contributed by atoms with E-state index in [1.54, 1.807) is 16.9 Å². The molecule has 0 atom stereocenters. The minimum atomic E-state index is -2.85. The van der Waals surface area contributed by atoms with E-state index >= 15 is 0 Å². The van der Waals surface area contributed by atoms with Crippen molar-refractivity contribution in [2.45, 2.75) is 38.2 Å². The molecule has 1 amide bonds. The first-order valence-corrected chi connectivity index (χ1v) is 11.9. The Kier molecular flexibility index (Phi) is 5.26. The third kappa shape index (κ3) is 3.66. The van der Waals surface area contributed by atoms with Crippen LogP contribution in [-0.2, 0) is 4.74 Å². The van der Waals surface area contributed by atoms with Gasteiger partial charge < -0.3 is 20.5 Å². The smallest absolute Gasteiger partial charge is 0.282 e. The van der Waals surface area contributed by atoms with E-state index in [-0.39, 0.29) is 46.4 Å². The first kappa shape index (κ1) is 22.4. The summed E-state index contributed by atoms with van der Waals surface area (Å²) in [5, 5.41) is 18.0. The Bertz CT molecular complexity index is 1270. The molecule has 0 bridgehead atoms. The van der Waals surface area contributed by atoms with Crippen LogP contribution in [0.3, 0.4) is 0 Å². The lowest BCUT2D eigenvalue weighted by Crippen LogP contribution is -2.66.